The van der Waals surface area contributed by atoms with Crippen molar-refractivity contribution in [2.75, 3.05) is 13.6 Å². The van der Waals surface area contributed by atoms with Crippen LogP contribution in [0.3, 0.4) is 0 Å². The van der Waals surface area contributed by atoms with Gasteiger partial charge in [-0.15, -0.1) is 0 Å². The van der Waals surface area contributed by atoms with Gasteiger partial charge in [0.1, 0.15) is 5.60 Å². The average molecular weight is 372 g/mol. The minimum atomic E-state index is -0.625. The Bertz CT molecular complexity index is 784. The highest BCUT2D eigenvalue weighted by atomic mass is 16.5. The molecule has 0 saturated carbocycles. The van der Waals surface area contributed by atoms with Crippen molar-refractivity contribution in [1.82, 2.24) is 19.6 Å². The number of hydrogen-bond donors (Lipinski definition) is 0. The van der Waals surface area contributed by atoms with Gasteiger partial charge in [0.2, 0.25) is 11.8 Å². The Labute approximate surface area is 159 Å². The second kappa shape index (κ2) is 6.48. The minimum absolute atomic E-state index is 0.0279. The average Bonchev–Trinajstić information content (AvgIpc) is 3.38. The van der Waals surface area contributed by atoms with E-state index >= 15 is 0 Å². The lowest BCUT2D eigenvalue weighted by Crippen LogP contribution is -2.45. The number of fused-ring (bicyclic) bond motifs is 1. The van der Waals surface area contributed by atoms with Gasteiger partial charge in [-0.3, -0.25) is 14.3 Å². The van der Waals surface area contributed by atoms with Crippen LogP contribution in [0.15, 0.2) is 24.5 Å². The van der Waals surface area contributed by atoms with Gasteiger partial charge >= 0.3 is 0 Å². The summed E-state index contributed by atoms with van der Waals surface area (Å²) in [6, 6.07) is 0.206. The molecule has 3 aliphatic heterocycles. The summed E-state index contributed by atoms with van der Waals surface area (Å²) in [6.45, 7) is 5.24. The van der Waals surface area contributed by atoms with Crippen molar-refractivity contribution in [2.45, 2.75) is 51.0 Å². The molecule has 4 rings (SSSR count). The van der Waals surface area contributed by atoms with Crippen LogP contribution in [0, 0.1) is 11.8 Å². The first-order valence-corrected chi connectivity index (χ1v) is 9.80. The fraction of sp³-hybridized carbons (Fsp3) is 0.650. The van der Waals surface area contributed by atoms with Gasteiger partial charge in [-0.1, -0.05) is 26.0 Å². The smallest absolute Gasteiger partial charge is 0.230 e. The number of carbonyl (C=O) groups is 2. The molecule has 2 fully saturated rings. The molecule has 1 spiro atoms. The first-order valence-electron chi connectivity index (χ1n) is 9.80. The summed E-state index contributed by atoms with van der Waals surface area (Å²) >= 11 is 0. The molecule has 7 heteroatoms. The number of aryl methyl sites for hydroxylation is 1. The van der Waals surface area contributed by atoms with Crippen LogP contribution in [-0.4, -0.2) is 62.7 Å². The zero-order chi connectivity index (χ0) is 19.3. The summed E-state index contributed by atoms with van der Waals surface area (Å²) in [6.07, 6.45) is 9.19. The van der Waals surface area contributed by atoms with Crippen LogP contribution in [0.25, 0.3) is 0 Å². The molecule has 1 aromatic rings. The maximum absolute atomic E-state index is 13.3. The van der Waals surface area contributed by atoms with Gasteiger partial charge in [0.15, 0.2) is 0 Å². The van der Waals surface area contributed by atoms with E-state index in [0.29, 0.717) is 13.1 Å². The van der Waals surface area contributed by atoms with Crippen molar-refractivity contribution < 1.29 is 14.3 Å². The molecular formula is C20H28N4O3. The lowest BCUT2D eigenvalue weighted by molar-refractivity contribution is -0.143. The van der Waals surface area contributed by atoms with Gasteiger partial charge in [-0.2, -0.15) is 5.10 Å². The summed E-state index contributed by atoms with van der Waals surface area (Å²) in [5, 5.41) is 4.16. The molecule has 0 radical (unpaired) electrons. The third kappa shape index (κ3) is 2.71. The van der Waals surface area contributed by atoms with Crippen LogP contribution in [0.1, 0.15) is 32.3 Å². The highest BCUT2D eigenvalue weighted by Gasteiger charge is 2.67. The highest BCUT2D eigenvalue weighted by molar-refractivity contribution is 5.93. The number of likely N-dealkylation sites (tertiary alicyclic amines) is 1. The molecule has 4 atom stereocenters. The largest absolute Gasteiger partial charge is 0.360 e. The minimum Gasteiger partial charge on any atom is -0.360 e. The fourth-order valence-corrected chi connectivity index (χ4v) is 5.01. The third-order valence-electron chi connectivity index (χ3n) is 6.35. The Morgan fingerprint density at radius 2 is 2.19 bits per heavy atom. The summed E-state index contributed by atoms with van der Waals surface area (Å²) < 4.78 is 7.95. The number of rotatable bonds is 6. The molecule has 1 aromatic heterocycles. The van der Waals surface area contributed by atoms with Crippen LogP contribution in [0.5, 0.6) is 0 Å². The Morgan fingerprint density at radius 1 is 1.44 bits per heavy atom. The summed E-state index contributed by atoms with van der Waals surface area (Å²) in [4.78, 5) is 30.2. The van der Waals surface area contributed by atoms with E-state index in [0.717, 1.165) is 18.4 Å². The number of carbonyl (C=O) groups excluding carboxylic acids is 2. The van der Waals surface area contributed by atoms with E-state index in [1.54, 1.807) is 22.8 Å². The predicted molar refractivity (Wildman–Crippen MR) is 99.5 cm³/mol. The van der Waals surface area contributed by atoms with Gasteiger partial charge in [0, 0.05) is 38.4 Å². The highest BCUT2D eigenvalue weighted by Crippen LogP contribution is 2.52. The predicted octanol–water partition coefficient (Wildman–Crippen LogP) is 1.35. The Morgan fingerprint density at radius 3 is 2.81 bits per heavy atom. The zero-order valence-electron chi connectivity index (χ0n) is 16.5. The maximum Gasteiger partial charge on any atom is 0.230 e. The molecule has 146 valence electrons. The van der Waals surface area contributed by atoms with Crippen LogP contribution in [0.2, 0.25) is 0 Å². The molecule has 0 aliphatic carbocycles. The van der Waals surface area contributed by atoms with E-state index in [-0.39, 0.29) is 24.0 Å². The van der Waals surface area contributed by atoms with Crippen LogP contribution in [-0.2, 0) is 27.9 Å². The number of amides is 2. The molecule has 2 bridgehead atoms. The molecule has 0 aromatic carbocycles. The summed E-state index contributed by atoms with van der Waals surface area (Å²) in [7, 11) is 3.64. The zero-order valence-corrected chi connectivity index (χ0v) is 16.5. The molecule has 2 amide bonds. The molecule has 2 saturated heterocycles. The van der Waals surface area contributed by atoms with Gasteiger partial charge in [0.25, 0.3) is 0 Å². The second-order valence-electron chi connectivity index (χ2n) is 8.05. The molecule has 27 heavy (non-hydrogen) atoms. The molecule has 4 heterocycles. The number of aromatic nitrogens is 2. The monoisotopic (exact) mass is 372 g/mol. The summed E-state index contributed by atoms with van der Waals surface area (Å²) in [5.41, 5.74) is 0.346. The Balaban J connectivity index is 1.56. The Hall–Kier alpha value is -2.15. The van der Waals surface area contributed by atoms with Crippen LogP contribution < -0.4 is 0 Å². The third-order valence-corrected chi connectivity index (χ3v) is 6.35. The van der Waals surface area contributed by atoms with Crippen molar-refractivity contribution in [1.29, 1.82) is 0 Å². The lowest BCUT2D eigenvalue weighted by Gasteiger charge is -2.29. The van der Waals surface area contributed by atoms with Crippen LogP contribution in [0.4, 0.5) is 0 Å². The fourth-order valence-electron chi connectivity index (χ4n) is 5.01. The lowest BCUT2D eigenvalue weighted by atomic mass is 9.76. The van der Waals surface area contributed by atoms with Crippen LogP contribution >= 0.6 is 0 Å². The van der Waals surface area contributed by atoms with E-state index in [4.69, 9.17) is 4.74 Å². The van der Waals surface area contributed by atoms with E-state index in [1.807, 2.05) is 30.3 Å². The molecule has 3 aliphatic rings. The quantitative estimate of drug-likeness (QED) is 0.707. The molecule has 7 nitrogen and oxygen atoms in total. The van der Waals surface area contributed by atoms with Crippen molar-refractivity contribution in [3.05, 3.63) is 30.1 Å². The normalized spacial score (nSPS) is 31.2. The maximum atomic E-state index is 13.3. The molecule has 0 N–H and O–H groups in total. The SMILES string of the molecule is CCC(CC)N1C[C@]23C=C[C@H](O2)[C@H](C(=O)N(C)Cc2cnn(C)c2)[C@@H]3C1=O. The van der Waals surface area contributed by atoms with E-state index < -0.39 is 17.4 Å². The van der Waals surface area contributed by atoms with Gasteiger partial charge in [-0.25, -0.2) is 0 Å². The molecule has 0 unspecified atom stereocenters. The van der Waals surface area contributed by atoms with E-state index in [2.05, 4.69) is 18.9 Å². The number of nitrogens with zero attached hydrogens (tertiary/aromatic N) is 4. The Kier molecular flexibility index (Phi) is 4.37. The summed E-state index contributed by atoms with van der Waals surface area (Å²) in [5.74, 6) is -0.802. The van der Waals surface area contributed by atoms with Crippen molar-refractivity contribution in [3.8, 4) is 0 Å². The second-order valence-corrected chi connectivity index (χ2v) is 8.05. The first-order chi connectivity index (χ1) is 12.9. The number of hydrogen-bond acceptors (Lipinski definition) is 4. The first kappa shape index (κ1) is 18.2. The van der Waals surface area contributed by atoms with Gasteiger partial charge < -0.3 is 14.5 Å². The van der Waals surface area contributed by atoms with Crippen molar-refractivity contribution >= 4 is 11.8 Å². The molecular weight excluding hydrogens is 344 g/mol. The number of ether oxygens (including phenoxy) is 1. The van der Waals surface area contributed by atoms with Gasteiger partial charge in [0.05, 0.1) is 30.7 Å². The topological polar surface area (TPSA) is 67.7 Å². The standard InChI is InChI=1S/C20H28N4O3/c1-5-14(6-2)24-12-20-8-7-15(27-20)16(17(20)19(24)26)18(25)22(3)10-13-9-21-23(4)11-13/h7-9,11,14-17H,5-6,10,12H2,1-4H3/t15-,16-,17+,20-/m0/s1. The van der Waals surface area contributed by atoms with Crippen molar-refractivity contribution in [3.63, 3.8) is 0 Å². The van der Waals surface area contributed by atoms with E-state index in [9.17, 15) is 9.59 Å². The van der Waals surface area contributed by atoms with E-state index in [1.165, 1.54) is 0 Å². The van der Waals surface area contributed by atoms with Crippen molar-refractivity contribution in [2.24, 2.45) is 18.9 Å². The van der Waals surface area contributed by atoms with Gasteiger partial charge in [-0.05, 0) is 12.8 Å².